The summed E-state index contributed by atoms with van der Waals surface area (Å²) >= 11 is 0. The van der Waals surface area contributed by atoms with E-state index >= 15 is 0 Å². The van der Waals surface area contributed by atoms with Crippen LogP contribution in [0.4, 0.5) is 0 Å². The van der Waals surface area contributed by atoms with Crippen molar-refractivity contribution in [2.75, 3.05) is 0 Å². The lowest BCUT2D eigenvalue weighted by atomic mass is 9.97. The molecule has 2 N–H and O–H groups in total. The second-order valence-corrected chi connectivity index (χ2v) is 7.34. The topological polar surface area (TPSA) is 77.0 Å². The van der Waals surface area contributed by atoms with Crippen molar-refractivity contribution in [1.29, 1.82) is 0 Å². The monoisotopic (exact) mass is 419 g/mol. The highest BCUT2D eigenvalue weighted by Crippen LogP contribution is 2.37. The molecule has 1 aromatic carbocycles. The Labute approximate surface area is 176 Å². The first-order chi connectivity index (χ1) is 12.7. The van der Waals surface area contributed by atoms with Gasteiger partial charge in [-0.25, -0.2) is 9.97 Å². The number of benzene rings is 1. The summed E-state index contributed by atoms with van der Waals surface area (Å²) in [5.74, 6) is 0.0393. The van der Waals surface area contributed by atoms with Crippen LogP contribution in [0.25, 0.3) is 11.2 Å². The second-order valence-electron chi connectivity index (χ2n) is 7.34. The van der Waals surface area contributed by atoms with Crippen LogP contribution in [-0.2, 0) is 6.54 Å². The van der Waals surface area contributed by atoms with Gasteiger partial charge in [-0.2, -0.15) is 0 Å². The molecule has 28 heavy (non-hydrogen) atoms. The second kappa shape index (κ2) is 8.07. The van der Waals surface area contributed by atoms with Crippen LogP contribution in [0.15, 0.2) is 48.9 Å². The van der Waals surface area contributed by atoms with Gasteiger partial charge >= 0.3 is 0 Å². The van der Waals surface area contributed by atoms with E-state index < -0.39 is 0 Å². The molecule has 0 radical (unpaired) electrons. The SMILES string of the molecule is Cl.Cl.N[C@H]1C[C@H]2CC[C@@H]1N2C(=O)c1cnc2c(c1)ncn2Cc1ccccc1. The molecular formula is C20H23Cl2N5O. The Kier molecular flexibility index (Phi) is 5.93. The molecule has 8 heteroatoms. The van der Waals surface area contributed by atoms with E-state index in [0.717, 1.165) is 30.4 Å². The molecule has 2 aliphatic heterocycles. The Balaban J connectivity index is 0.00000112. The number of aromatic nitrogens is 3. The van der Waals surface area contributed by atoms with Crippen molar-refractivity contribution in [2.45, 2.75) is 43.9 Å². The van der Waals surface area contributed by atoms with Gasteiger partial charge in [0.2, 0.25) is 0 Å². The third-order valence-electron chi connectivity index (χ3n) is 5.72. The zero-order valence-corrected chi connectivity index (χ0v) is 16.9. The van der Waals surface area contributed by atoms with Gasteiger partial charge in [0.1, 0.15) is 5.52 Å². The summed E-state index contributed by atoms with van der Waals surface area (Å²) in [5.41, 5.74) is 9.51. The quantitative estimate of drug-likeness (QED) is 0.707. The van der Waals surface area contributed by atoms with Crippen molar-refractivity contribution < 1.29 is 4.79 Å². The van der Waals surface area contributed by atoms with Crippen molar-refractivity contribution in [1.82, 2.24) is 19.4 Å². The van der Waals surface area contributed by atoms with E-state index in [-0.39, 0.29) is 48.8 Å². The van der Waals surface area contributed by atoms with Gasteiger partial charge in [-0.15, -0.1) is 24.8 Å². The van der Waals surface area contributed by atoms with Gasteiger partial charge in [0.15, 0.2) is 5.65 Å². The maximum absolute atomic E-state index is 13.0. The summed E-state index contributed by atoms with van der Waals surface area (Å²) in [6.07, 6.45) is 6.45. The van der Waals surface area contributed by atoms with Crippen LogP contribution < -0.4 is 5.73 Å². The highest BCUT2D eigenvalue weighted by molar-refractivity contribution is 5.97. The van der Waals surface area contributed by atoms with Crippen LogP contribution in [0.2, 0.25) is 0 Å². The van der Waals surface area contributed by atoms with Crippen molar-refractivity contribution in [3.8, 4) is 0 Å². The molecule has 2 aromatic heterocycles. The number of pyridine rings is 1. The first kappa shape index (κ1) is 20.6. The highest BCUT2D eigenvalue weighted by Gasteiger charge is 2.47. The molecule has 148 valence electrons. The molecular weight excluding hydrogens is 397 g/mol. The summed E-state index contributed by atoms with van der Waals surface area (Å²) in [5, 5.41) is 0. The van der Waals surface area contributed by atoms with E-state index in [1.807, 2.05) is 33.7 Å². The summed E-state index contributed by atoms with van der Waals surface area (Å²) in [6, 6.07) is 12.6. The molecule has 2 saturated heterocycles. The number of fused-ring (bicyclic) bond motifs is 3. The number of hydrogen-bond donors (Lipinski definition) is 1. The summed E-state index contributed by atoms with van der Waals surface area (Å²) in [7, 11) is 0. The molecule has 0 saturated carbocycles. The van der Waals surface area contributed by atoms with Gasteiger partial charge in [0.05, 0.1) is 18.4 Å². The van der Waals surface area contributed by atoms with Gasteiger partial charge in [0.25, 0.3) is 5.91 Å². The molecule has 2 fully saturated rings. The lowest BCUT2D eigenvalue weighted by Gasteiger charge is -2.22. The normalized spacial score (nSPS) is 22.8. The lowest BCUT2D eigenvalue weighted by Crippen LogP contribution is -2.40. The van der Waals surface area contributed by atoms with Crippen LogP contribution in [0, 0.1) is 0 Å². The molecule has 6 nitrogen and oxygen atoms in total. The fourth-order valence-corrected chi connectivity index (χ4v) is 4.46. The number of hydrogen-bond acceptors (Lipinski definition) is 4. The zero-order chi connectivity index (χ0) is 17.7. The molecule has 5 rings (SSSR count). The van der Waals surface area contributed by atoms with Crippen molar-refractivity contribution in [2.24, 2.45) is 5.73 Å². The highest BCUT2D eigenvalue weighted by atomic mass is 35.5. The molecule has 2 aliphatic rings. The van der Waals surface area contributed by atoms with Crippen molar-refractivity contribution in [3.05, 3.63) is 60.0 Å². The Morgan fingerprint density at radius 2 is 1.93 bits per heavy atom. The average Bonchev–Trinajstić information content (AvgIpc) is 3.34. The number of imidazole rings is 1. The molecule has 3 atom stereocenters. The number of amides is 1. The number of nitrogens with zero attached hydrogens (tertiary/aromatic N) is 4. The van der Waals surface area contributed by atoms with Crippen LogP contribution in [-0.4, -0.2) is 43.5 Å². The molecule has 3 aromatic rings. The Hall–Kier alpha value is -2.15. The van der Waals surface area contributed by atoms with Gasteiger partial charge in [-0.3, -0.25) is 4.79 Å². The average molecular weight is 420 g/mol. The molecule has 0 unspecified atom stereocenters. The molecule has 4 heterocycles. The zero-order valence-electron chi connectivity index (χ0n) is 15.3. The first-order valence-corrected chi connectivity index (χ1v) is 9.14. The van der Waals surface area contributed by atoms with Crippen molar-refractivity contribution >= 4 is 41.9 Å². The minimum Gasteiger partial charge on any atom is -0.331 e. The Bertz CT molecular complexity index is 977. The smallest absolute Gasteiger partial charge is 0.256 e. The largest absolute Gasteiger partial charge is 0.331 e. The molecule has 1 amide bonds. The van der Waals surface area contributed by atoms with E-state index in [1.54, 1.807) is 12.5 Å². The lowest BCUT2D eigenvalue weighted by molar-refractivity contribution is 0.0726. The number of rotatable bonds is 3. The van der Waals surface area contributed by atoms with E-state index in [4.69, 9.17) is 5.73 Å². The molecule has 2 bridgehead atoms. The molecule has 0 spiro atoms. The van der Waals surface area contributed by atoms with Crippen LogP contribution in [0.5, 0.6) is 0 Å². The van der Waals surface area contributed by atoms with Gasteiger partial charge < -0.3 is 15.2 Å². The maximum atomic E-state index is 13.0. The molecule has 0 aliphatic carbocycles. The van der Waals surface area contributed by atoms with E-state index in [1.165, 1.54) is 5.56 Å². The predicted molar refractivity (Wildman–Crippen MR) is 113 cm³/mol. The summed E-state index contributed by atoms with van der Waals surface area (Å²) < 4.78 is 2.01. The van der Waals surface area contributed by atoms with Crippen LogP contribution in [0.3, 0.4) is 0 Å². The van der Waals surface area contributed by atoms with Gasteiger partial charge in [0, 0.05) is 24.3 Å². The third-order valence-corrected chi connectivity index (χ3v) is 5.72. The minimum atomic E-state index is 0. The first-order valence-electron chi connectivity index (χ1n) is 9.14. The van der Waals surface area contributed by atoms with Crippen LogP contribution in [0.1, 0.15) is 35.2 Å². The standard InChI is InChI=1S/C20H21N5O.2ClH/c21-16-9-15-6-7-18(16)25(15)20(26)14-8-17-19(22-10-14)24(12-23-17)11-13-4-2-1-3-5-13;;/h1-5,8,10,12,15-16,18H,6-7,9,11,21H2;2*1H/t15-,16+,18+;;/m1../s1. The fraction of sp³-hybridized carbons (Fsp3) is 0.350. The number of carbonyl (C=O) groups excluding carboxylic acids is 1. The van der Waals surface area contributed by atoms with E-state index in [2.05, 4.69) is 22.1 Å². The summed E-state index contributed by atoms with van der Waals surface area (Å²) in [6.45, 7) is 0.711. The number of halogens is 2. The Morgan fingerprint density at radius 3 is 2.61 bits per heavy atom. The number of nitrogens with two attached hydrogens (primary N) is 1. The number of carbonyl (C=O) groups is 1. The Morgan fingerprint density at radius 1 is 1.14 bits per heavy atom. The van der Waals surface area contributed by atoms with E-state index in [9.17, 15) is 4.79 Å². The van der Waals surface area contributed by atoms with Crippen LogP contribution >= 0.6 is 24.8 Å². The van der Waals surface area contributed by atoms with Gasteiger partial charge in [-0.05, 0) is 30.9 Å². The minimum absolute atomic E-state index is 0. The predicted octanol–water partition coefficient (Wildman–Crippen LogP) is 3.03. The maximum Gasteiger partial charge on any atom is 0.256 e. The van der Waals surface area contributed by atoms with Crippen molar-refractivity contribution in [3.63, 3.8) is 0 Å². The fourth-order valence-electron chi connectivity index (χ4n) is 4.46. The summed E-state index contributed by atoms with van der Waals surface area (Å²) in [4.78, 5) is 24.0. The van der Waals surface area contributed by atoms with Gasteiger partial charge in [-0.1, -0.05) is 30.3 Å². The third kappa shape index (κ3) is 3.36. The van der Waals surface area contributed by atoms with E-state index in [0.29, 0.717) is 12.1 Å².